The van der Waals surface area contributed by atoms with Crippen LogP contribution >= 0.6 is 0 Å². The number of aromatic hydroxyl groups is 1. The standard InChI is InChI=1S/C18H17N3O2/c1-3-7-13-16-14(10-15(23-2)17(13)22)19-11-20-18(16)21-12-8-5-4-6-9-12/h3-6,8-11,22H,1,7H2,2H3,(H,19,20,21). The number of allylic oxidation sites excluding steroid dienone is 1. The van der Waals surface area contributed by atoms with E-state index in [-0.39, 0.29) is 5.75 Å². The highest BCUT2D eigenvalue weighted by Crippen LogP contribution is 2.39. The van der Waals surface area contributed by atoms with Gasteiger partial charge in [0.1, 0.15) is 12.1 Å². The molecular formula is C18H17N3O2. The zero-order valence-corrected chi connectivity index (χ0v) is 12.8. The van der Waals surface area contributed by atoms with Gasteiger partial charge in [-0.3, -0.25) is 0 Å². The van der Waals surface area contributed by atoms with E-state index in [0.29, 0.717) is 29.1 Å². The molecule has 2 N–H and O–H groups in total. The average Bonchev–Trinajstić information content (AvgIpc) is 2.58. The minimum absolute atomic E-state index is 0.0887. The molecule has 0 saturated heterocycles. The summed E-state index contributed by atoms with van der Waals surface area (Å²) in [6, 6.07) is 11.4. The number of nitrogens with one attached hydrogen (secondary N) is 1. The number of benzene rings is 2. The lowest BCUT2D eigenvalue weighted by molar-refractivity contribution is 0.372. The molecule has 3 aromatic rings. The largest absolute Gasteiger partial charge is 0.504 e. The number of ether oxygens (including phenoxy) is 1. The molecule has 0 spiro atoms. The second-order valence-corrected chi connectivity index (χ2v) is 5.01. The van der Waals surface area contributed by atoms with Gasteiger partial charge in [0.2, 0.25) is 0 Å². The molecular weight excluding hydrogens is 290 g/mol. The van der Waals surface area contributed by atoms with E-state index in [1.54, 1.807) is 12.1 Å². The van der Waals surface area contributed by atoms with Crippen molar-refractivity contribution in [1.82, 2.24) is 9.97 Å². The van der Waals surface area contributed by atoms with E-state index >= 15 is 0 Å². The Morgan fingerprint density at radius 3 is 2.74 bits per heavy atom. The lowest BCUT2D eigenvalue weighted by atomic mass is 10.0. The number of anilines is 2. The number of phenols is 1. The number of para-hydroxylation sites is 1. The van der Waals surface area contributed by atoms with Crippen molar-refractivity contribution in [2.45, 2.75) is 6.42 Å². The van der Waals surface area contributed by atoms with Gasteiger partial charge in [0, 0.05) is 17.3 Å². The fraction of sp³-hybridized carbons (Fsp3) is 0.111. The van der Waals surface area contributed by atoms with E-state index in [4.69, 9.17) is 4.74 Å². The molecule has 5 heteroatoms. The maximum Gasteiger partial charge on any atom is 0.162 e. The predicted molar refractivity (Wildman–Crippen MR) is 91.4 cm³/mol. The number of methoxy groups -OCH3 is 1. The van der Waals surface area contributed by atoms with Crippen molar-refractivity contribution in [2.75, 3.05) is 12.4 Å². The molecule has 1 aromatic heterocycles. The van der Waals surface area contributed by atoms with Crippen molar-refractivity contribution in [3.63, 3.8) is 0 Å². The summed E-state index contributed by atoms with van der Waals surface area (Å²) in [6.45, 7) is 3.76. The molecule has 0 amide bonds. The van der Waals surface area contributed by atoms with Gasteiger partial charge in [0.25, 0.3) is 0 Å². The molecule has 0 aliphatic rings. The molecule has 23 heavy (non-hydrogen) atoms. The summed E-state index contributed by atoms with van der Waals surface area (Å²) in [5.74, 6) is 1.11. The summed E-state index contributed by atoms with van der Waals surface area (Å²) >= 11 is 0. The van der Waals surface area contributed by atoms with E-state index in [1.807, 2.05) is 30.3 Å². The molecule has 0 atom stereocenters. The van der Waals surface area contributed by atoms with Crippen molar-refractivity contribution >= 4 is 22.4 Å². The molecule has 0 saturated carbocycles. The number of hydrogen-bond donors (Lipinski definition) is 2. The summed E-state index contributed by atoms with van der Waals surface area (Å²) in [5.41, 5.74) is 2.30. The van der Waals surface area contributed by atoms with Crippen LogP contribution in [0.1, 0.15) is 5.56 Å². The van der Waals surface area contributed by atoms with Crippen LogP contribution in [0.4, 0.5) is 11.5 Å². The molecule has 0 radical (unpaired) electrons. The first-order valence-electron chi connectivity index (χ1n) is 7.21. The van der Waals surface area contributed by atoms with Crippen molar-refractivity contribution in [2.24, 2.45) is 0 Å². The maximum absolute atomic E-state index is 10.5. The lowest BCUT2D eigenvalue weighted by Crippen LogP contribution is -2.00. The monoisotopic (exact) mass is 307 g/mol. The molecule has 2 aromatic carbocycles. The van der Waals surface area contributed by atoms with Gasteiger partial charge in [-0.05, 0) is 18.6 Å². The van der Waals surface area contributed by atoms with Gasteiger partial charge in [-0.1, -0.05) is 24.3 Å². The second-order valence-electron chi connectivity index (χ2n) is 5.01. The van der Waals surface area contributed by atoms with Crippen molar-refractivity contribution in [1.29, 1.82) is 0 Å². The van der Waals surface area contributed by atoms with Crippen LogP contribution in [-0.2, 0) is 6.42 Å². The Labute approximate surface area is 134 Å². The van der Waals surface area contributed by atoms with Gasteiger partial charge in [-0.15, -0.1) is 6.58 Å². The van der Waals surface area contributed by atoms with Gasteiger partial charge in [-0.25, -0.2) is 9.97 Å². The van der Waals surface area contributed by atoms with Gasteiger partial charge >= 0.3 is 0 Å². The third-order valence-electron chi connectivity index (χ3n) is 3.57. The third-order valence-corrected chi connectivity index (χ3v) is 3.57. The Kier molecular flexibility index (Phi) is 4.10. The van der Waals surface area contributed by atoms with E-state index in [1.165, 1.54) is 13.4 Å². The highest BCUT2D eigenvalue weighted by molar-refractivity contribution is 5.96. The molecule has 3 rings (SSSR count). The Morgan fingerprint density at radius 2 is 2.04 bits per heavy atom. The SMILES string of the molecule is C=CCc1c(O)c(OC)cc2ncnc(Nc3ccccc3)c12. The maximum atomic E-state index is 10.5. The fourth-order valence-electron chi connectivity index (χ4n) is 2.52. The average molecular weight is 307 g/mol. The summed E-state index contributed by atoms with van der Waals surface area (Å²) in [7, 11) is 1.52. The molecule has 0 aliphatic heterocycles. The minimum Gasteiger partial charge on any atom is -0.504 e. The molecule has 1 heterocycles. The first-order valence-corrected chi connectivity index (χ1v) is 7.21. The van der Waals surface area contributed by atoms with Crippen LogP contribution < -0.4 is 10.1 Å². The predicted octanol–water partition coefficient (Wildman–Crippen LogP) is 3.82. The van der Waals surface area contributed by atoms with Gasteiger partial charge in [0.15, 0.2) is 11.5 Å². The number of hydrogen-bond acceptors (Lipinski definition) is 5. The number of phenolic OH excluding ortho intramolecular Hbond substituents is 1. The Balaban J connectivity index is 2.22. The first kappa shape index (κ1) is 14.8. The Bertz CT molecular complexity index is 848. The Hall–Kier alpha value is -3.08. The van der Waals surface area contributed by atoms with E-state index in [2.05, 4.69) is 21.9 Å². The number of aromatic nitrogens is 2. The van der Waals surface area contributed by atoms with Crippen LogP contribution in [0.2, 0.25) is 0 Å². The van der Waals surface area contributed by atoms with Crippen LogP contribution in [0.3, 0.4) is 0 Å². The number of rotatable bonds is 5. The van der Waals surface area contributed by atoms with E-state index in [9.17, 15) is 5.11 Å². The summed E-state index contributed by atoms with van der Waals surface area (Å²) in [5, 5.41) is 14.5. The van der Waals surface area contributed by atoms with Crippen LogP contribution in [0.15, 0.2) is 55.4 Å². The second kappa shape index (κ2) is 6.36. The highest BCUT2D eigenvalue weighted by Gasteiger charge is 2.17. The zero-order chi connectivity index (χ0) is 16.2. The topological polar surface area (TPSA) is 67.3 Å². The zero-order valence-electron chi connectivity index (χ0n) is 12.8. The minimum atomic E-state index is 0.0887. The summed E-state index contributed by atoms with van der Waals surface area (Å²) < 4.78 is 5.23. The van der Waals surface area contributed by atoms with E-state index in [0.717, 1.165) is 11.1 Å². The van der Waals surface area contributed by atoms with Gasteiger partial charge in [0.05, 0.1) is 18.0 Å². The van der Waals surface area contributed by atoms with Crippen LogP contribution in [0.25, 0.3) is 10.9 Å². The van der Waals surface area contributed by atoms with Crippen molar-refractivity contribution in [3.8, 4) is 11.5 Å². The summed E-state index contributed by atoms with van der Waals surface area (Å²) in [4.78, 5) is 8.63. The lowest BCUT2D eigenvalue weighted by Gasteiger charge is -2.14. The van der Waals surface area contributed by atoms with Gasteiger partial charge in [-0.2, -0.15) is 0 Å². The normalized spacial score (nSPS) is 10.5. The van der Waals surface area contributed by atoms with Crippen molar-refractivity contribution < 1.29 is 9.84 Å². The van der Waals surface area contributed by atoms with E-state index < -0.39 is 0 Å². The Morgan fingerprint density at radius 1 is 1.26 bits per heavy atom. The number of fused-ring (bicyclic) bond motifs is 1. The first-order chi connectivity index (χ1) is 11.2. The molecule has 0 aliphatic carbocycles. The smallest absolute Gasteiger partial charge is 0.162 e. The quantitative estimate of drug-likeness (QED) is 0.701. The molecule has 0 unspecified atom stereocenters. The number of nitrogens with zero attached hydrogens (tertiary/aromatic N) is 2. The summed E-state index contributed by atoms with van der Waals surface area (Å²) in [6.07, 6.45) is 3.70. The molecule has 116 valence electrons. The van der Waals surface area contributed by atoms with Crippen LogP contribution in [0, 0.1) is 0 Å². The van der Waals surface area contributed by atoms with Gasteiger partial charge < -0.3 is 15.2 Å². The highest BCUT2D eigenvalue weighted by atomic mass is 16.5. The van der Waals surface area contributed by atoms with Crippen molar-refractivity contribution in [3.05, 3.63) is 60.9 Å². The van der Waals surface area contributed by atoms with Crippen LogP contribution in [0.5, 0.6) is 11.5 Å². The van der Waals surface area contributed by atoms with Crippen LogP contribution in [-0.4, -0.2) is 22.2 Å². The molecule has 5 nitrogen and oxygen atoms in total. The molecule has 0 fully saturated rings. The third kappa shape index (κ3) is 2.81. The molecule has 0 bridgehead atoms. The fourth-order valence-corrected chi connectivity index (χ4v) is 2.52.